The first kappa shape index (κ1) is 14.4. The monoisotopic (exact) mass is 262 g/mol. The van der Waals surface area contributed by atoms with Crippen LogP contribution in [0.15, 0.2) is 30.3 Å². The molecule has 0 bridgehead atoms. The highest BCUT2D eigenvalue weighted by atomic mass is 16.3. The van der Waals surface area contributed by atoms with Gasteiger partial charge in [-0.25, -0.2) is 0 Å². The van der Waals surface area contributed by atoms with E-state index in [1.54, 1.807) is 0 Å². The van der Waals surface area contributed by atoms with Crippen LogP contribution >= 0.6 is 0 Å². The van der Waals surface area contributed by atoms with Gasteiger partial charge in [0.25, 0.3) is 0 Å². The van der Waals surface area contributed by atoms with E-state index in [1.807, 2.05) is 0 Å². The molecule has 0 heterocycles. The van der Waals surface area contributed by atoms with Crippen molar-refractivity contribution in [3.05, 3.63) is 30.3 Å². The second-order valence-electron chi connectivity index (χ2n) is 5.57. The summed E-state index contributed by atoms with van der Waals surface area (Å²) in [5.74, 6) is 0. The Balaban J connectivity index is 1.59. The number of anilines is 1. The third-order valence-corrected chi connectivity index (χ3v) is 4.00. The number of rotatable bonds is 6. The Bertz CT molecular complexity index is 347. The summed E-state index contributed by atoms with van der Waals surface area (Å²) in [6.45, 7) is 2.14. The summed E-state index contributed by atoms with van der Waals surface area (Å²) in [4.78, 5) is 2.30. The van der Waals surface area contributed by atoms with E-state index in [9.17, 15) is 5.11 Å². The fourth-order valence-corrected chi connectivity index (χ4v) is 2.71. The minimum Gasteiger partial charge on any atom is -0.393 e. The van der Waals surface area contributed by atoms with Crippen LogP contribution in [0.4, 0.5) is 5.69 Å². The quantitative estimate of drug-likeness (QED) is 0.773. The van der Waals surface area contributed by atoms with Crippen LogP contribution in [0.2, 0.25) is 0 Å². The molecule has 0 aliphatic heterocycles. The molecular formula is C16H26N2O. The lowest BCUT2D eigenvalue weighted by molar-refractivity contribution is 0.117. The van der Waals surface area contributed by atoms with Gasteiger partial charge in [0.05, 0.1) is 6.10 Å². The summed E-state index contributed by atoms with van der Waals surface area (Å²) >= 11 is 0. The third-order valence-electron chi connectivity index (χ3n) is 4.00. The van der Waals surface area contributed by atoms with Crippen LogP contribution < -0.4 is 10.2 Å². The summed E-state index contributed by atoms with van der Waals surface area (Å²) in [5.41, 5.74) is 1.28. The van der Waals surface area contributed by atoms with Crippen molar-refractivity contribution in [1.29, 1.82) is 0 Å². The first-order chi connectivity index (χ1) is 9.25. The van der Waals surface area contributed by atoms with Crippen LogP contribution in [0.3, 0.4) is 0 Å². The molecule has 106 valence electrons. The van der Waals surface area contributed by atoms with Gasteiger partial charge in [-0.15, -0.1) is 0 Å². The van der Waals surface area contributed by atoms with E-state index in [1.165, 1.54) is 5.69 Å². The number of nitrogens with zero attached hydrogens (tertiary/aromatic N) is 1. The SMILES string of the molecule is CN(CCCNC1CCC(O)CC1)c1ccccc1. The summed E-state index contributed by atoms with van der Waals surface area (Å²) in [5, 5.41) is 13.1. The maximum absolute atomic E-state index is 9.46. The Kier molecular flexibility index (Phi) is 5.67. The molecule has 1 aliphatic rings. The van der Waals surface area contributed by atoms with Gasteiger partial charge in [0.15, 0.2) is 0 Å². The minimum absolute atomic E-state index is 0.0535. The fraction of sp³-hybridized carbons (Fsp3) is 0.625. The van der Waals surface area contributed by atoms with Crippen molar-refractivity contribution in [3.63, 3.8) is 0 Å². The molecule has 2 rings (SSSR count). The van der Waals surface area contributed by atoms with Gasteiger partial charge >= 0.3 is 0 Å². The molecule has 3 heteroatoms. The van der Waals surface area contributed by atoms with Crippen LogP contribution in [-0.4, -0.2) is 37.4 Å². The van der Waals surface area contributed by atoms with Gasteiger partial charge in [-0.3, -0.25) is 0 Å². The number of aliphatic hydroxyl groups excluding tert-OH is 1. The van der Waals surface area contributed by atoms with Crippen molar-refractivity contribution in [3.8, 4) is 0 Å². The first-order valence-corrected chi connectivity index (χ1v) is 7.43. The molecule has 1 aliphatic carbocycles. The van der Waals surface area contributed by atoms with Crippen LogP contribution in [0, 0.1) is 0 Å². The van der Waals surface area contributed by atoms with Crippen molar-refractivity contribution in [2.45, 2.75) is 44.2 Å². The van der Waals surface area contributed by atoms with Gasteiger partial charge in [-0.1, -0.05) is 18.2 Å². The lowest BCUT2D eigenvalue weighted by Gasteiger charge is -2.27. The zero-order valence-corrected chi connectivity index (χ0v) is 11.9. The van der Waals surface area contributed by atoms with E-state index >= 15 is 0 Å². The summed E-state index contributed by atoms with van der Waals surface area (Å²) in [6.07, 6.45) is 5.26. The number of hydrogen-bond acceptors (Lipinski definition) is 3. The second-order valence-corrected chi connectivity index (χ2v) is 5.57. The average Bonchev–Trinajstić information content (AvgIpc) is 2.46. The van der Waals surface area contributed by atoms with Crippen molar-refractivity contribution < 1.29 is 5.11 Å². The summed E-state index contributed by atoms with van der Waals surface area (Å²) in [7, 11) is 2.15. The van der Waals surface area contributed by atoms with Crippen LogP contribution in [0.25, 0.3) is 0 Å². The van der Waals surface area contributed by atoms with Crippen molar-refractivity contribution >= 4 is 5.69 Å². The van der Waals surface area contributed by atoms with Crippen molar-refractivity contribution in [1.82, 2.24) is 5.32 Å². The zero-order chi connectivity index (χ0) is 13.5. The second kappa shape index (κ2) is 7.51. The standard InChI is InChI=1S/C16H26N2O/c1-18(15-6-3-2-4-7-15)13-5-12-17-14-8-10-16(19)11-9-14/h2-4,6-7,14,16-17,19H,5,8-13H2,1H3. The van der Waals surface area contributed by atoms with Crippen LogP contribution in [0.1, 0.15) is 32.1 Å². The minimum atomic E-state index is -0.0535. The molecule has 19 heavy (non-hydrogen) atoms. The highest BCUT2D eigenvalue weighted by molar-refractivity contribution is 5.44. The van der Waals surface area contributed by atoms with Crippen LogP contribution in [-0.2, 0) is 0 Å². The van der Waals surface area contributed by atoms with Gasteiger partial charge in [0, 0.05) is 25.3 Å². The van der Waals surface area contributed by atoms with Gasteiger partial charge in [0.1, 0.15) is 0 Å². The Hall–Kier alpha value is -1.06. The van der Waals surface area contributed by atoms with Gasteiger partial charge in [-0.2, -0.15) is 0 Å². The van der Waals surface area contributed by atoms with E-state index in [0.29, 0.717) is 6.04 Å². The predicted molar refractivity (Wildman–Crippen MR) is 80.6 cm³/mol. The fourth-order valence-electron chi connectivity index (χ4n) is 2.71. The molecule has 1 fully saturated rings. The molecule has 0 atom stereocenters. The van der Waals surface area contributed by atoms with E-state index < -0.39 is 0 Å². The maximum atomic E-state index is 9.46. The summed E-state index contributed by atoms with van der Waals surface area (Å²) in [6, 6.07) is 11.1. The number of benzene rings is 1. The molecule has 1 aromatic carbocycles. The van der Waals surface area contributed by atoms with E-state index in [2.05, 4.69) is 47.6 Å². The average molecular weight is 262 g/mol. The molecule has 1 aromatic rings. The van der Waals surface area contributed by atoms with Gasteiger partial charge < -0.3 is 15.3 Å². The zero-order valence-electron chi connectivity index (χ0n) is 11.9. The molecule has 1 saturated carbocycles. The molecular weight excluding hydrogens is 236 g/mol. The van der Waals surface area contributed by atoms with E-state index in [-0.39, 0.29) is 6.10 Å². The third kappa shape index (κ3) is 4.84. The Labute approximate surface area is 116 Å². The van der Waals surface area contributed by atoms with Crippen LogP contribution in [0.5, 0.6) is 0 Å². The normalized spacial score (nSPS) is 23.3. The smallest absolute Gasteiger partial charge is 0.0541 e. The highest BCUT2D eigenvalue weighted by Crippen LogP contribution is 2.18. The Morgan fingerprint density at radius 1 is 1.16 bits per heavy atom. The molecule has 0 radical (unpaired) electrons. The maximum Gasteiger partial charge on any atom is 0.0541 e. The molecule has 2 N–H and O–H groups in total. The van der Waals surface area contributed by atoms with Gasteiger partial charge in [-0.05, 0) is 50.8 Å². The highest BCUT2D eigenvalue weighted by Gasteiger charge is 2.18. The van der Waals surface area contributed by atoms with Crippen molar-refractivity contribution in [2.75, 3.05) is 25.0 Å². The lowest BCUT2D eigenvalue weighted by Crippen LogP contribution is -2.36. The molecule has 3 nitrogen and oxygen atoms in total. The molecule has 0 saturated heterocycles. The number of hydrogen-bond donors (Lipinski definition) is 2. The largest absolute Gasteiger partial charge is 0.393 e. The topological polar surface area (TPSA) is 35.5 Å². The van der Waals surface area contributed by atoms with E-state index in [0.717, 1.165) is 45.2 Å². The number of nitrogens with one attached hydrogen (secondary N) is 1. The lowest BCUT2D eigenvalue weighted by atomic mass is 9.93. The van der Waals surface area contributed by atoms with Gasteiger partial charge in [0.2, 0.25) is 0 Å². The predicted octanol–water partition coefficient (Wildman–Crippen LogP) is 2.41. The molecule has 0 unspecified atom stereocenters. The Morgan fingerprint density at radius 2 is 1.84 bits per heavy atom. The number of para-hydroxylation sites is 1. The molecule has 0 amide bonds. The molecule has 0 aromatic heterocycles. The Morgan fingerprint density at radius 3 is 2.53 bits per heavy atom. The number of aliphatic hydroxyl groups is 1. The van der Waals surface area contributed by atoms with Crippen molar-refractivity contribution in [2.24, 2.45) is 0 Å². The first-order valence-electron chi connectivity index (χ1n) is 7.43. The molecule has 0 spiro atoms. The van der Waals surface area contributed by atoms with E-state index in [4.69, 9.17) is 0 Å². The summed E-state index contributed by atoms with van der Waals surface area (Å²) < 4.78 is 0.